The molecule has 0 aromatic heterocycles. The van der Waals surface area contributed by atoms with Crippen molar-refractivity contribution in [2.75, 3.05) is 37.1 Å². The van der Waals surface area contributed by atoms with Gasteiger partial charge in [0.2, 0.25) is 19.6 Å². The molecule has 5 atom stereocenters. The Morgan fingerprint density at radius 2 is 1.91 bits per heavy atom. The molecule has 1 heterocycles. The quantitative estimate of drug-likeness (QED) is 0.0742. The highest BCUT2D eigenvalue weighted by atomic mass is 32.2. The van der Waals surface area contributed by atoms with Crippen molar-refractivity contribution in [2.24, 2.45) is 11.8 Å². The molecule has 8 nitrogen and oxygen atoms in total. The fourth-order valence-electron chi connectivity index (χ4n) is 3.96. The Bertz CT molecular complexity index is 709. The van der Waals surface area contributed by atoms with Gasteiger partial charge in [-0.3, -0.25) is 23.5 Å². The van der Waals surface area contributed by atoms with Crippen molar-refractivity contribution in [1.82, 2.24) is 4.90 Å². The normalized spacial score (nSPS) is 21.4. The van der Waals surface area contributed by atoms with Crippen LogP contribution in [-0.4, -0.2) is 78.1 Å². The lowest BCUT2D eigenvalue weighted by Gasteiger charge is -2.29. The minimum Gasteiger partial charge on any atom is -0.444 e. The van der Waals surface area contributed by atoms with Crippen LogP contribution in [0.1, 0.15) is 66.2 Å². The zero-order valence-electron chi connectivity index (χ0n) is 22.1. The molecule has 0 saturated carbocycles. The zero-order valence-corrected chi connectivity index (χ0v) is 24.6. The average molecular weight is 554 g/mol. The Morgan fingerprint density at radius 3 is 2.49 bits per heavy atom. The van der Waals surface area contributed by atoms with Crippen molar-refractivity contribution >= 4 is 49.2 Å². The monoisotopic (exact) mass is 553 g/mol. The predicted octanol–water partition coefficient (Wildman–Crippen LogP) is 5.24. The van der Waals surface area contributed by atoms with Crippen LogP contribution >= 0.6 is 30.9 Å². The van der Waals surface area contributed by atoms with Crippen molar-refractivity contribution in [3.05, 3.63) is 0 Å². The maximum Gasteiger partial charge on any atom is 0.307 e. The SMILES string of the molecule is CCC(=O)OC(OP(=O)(CCCCC(CCSC)SC)CC(=O)N1CC(C)CC1OC=O)C(C)C. The summed E-state index contributed by atoms with van der Waals surface area (Å²) in [6.07, 6.45) is 6.90. The van der Waals surface area contributed by atoms with Crippen LogP contribution in [0, 0.1) is 11.8 Å². The summed E-state index contributed by atoms with van der Waals surface area (Å²) < 4.78 is 30.5. The van der Waals surface area contributed by atoms with E-state index in [4.69, 9.17) is 14.0 Å². The second-order valence-electron chi connectivity index (χ2n) is 9.47. The Hall–Kier alpha value is -0.700. The molecule has 0 spiro atoms. The van der Waals surface area contributed by atoms with Crippen molar-refractivity contribution in [3.8, 4) is 0 Å². The lowest BCUT2D eigenvalue weighted by atomic mass is 10.1. The van der Waals surface area contributed by atoms with Gasteiger partial charge in [-0.1, -0.05) is 34.1 Å². The van der Waals surface area contributed by atoms with Crippen molar-refractivity contribution in [1.29, 1.82) is 0 Å². The van der Waals surface area contributed by atoms with Gasteiger partial charge in [-0.05, 0) is 43.4 Å². The van der Waals surface area contributed by atoms with Gasteiger partial charge >= 0.3 is 5.97 Å². The number of carbonyl (C=O) groups is 3. The Kier molecular flexibility index (Phi) is 15.6. The maximum atomic E-state index is 14.0. The number of ether oxygens (including phenoxy) is 2. The maximum absolute atomic E-state index is 14.0. The van der Waals surface area contributed by atoms with Gasteiger partial charge in [0.1, 0.15) is 6.16 Å². The van der Waals surface area contributed by atoms with Gasteiger partial charge in [0, 0.05) is 36.7 Å². The number of esters is 1. The van der Waals surface area contributed by atoms with Crippen LogP contribution in [0.3, 0.4) is 0 Å². The van der Waals surface area contributed by atoms with Gasteiger partial charge in [0.05, 0.1) is 0 Å². The number of hydrogen-bond donors (Lipinski definition) is 0. The molecule has 0 N–H and O–H groups in total. The molecule has 1 amide bonds. The van der Waals surface area contributed by atoms with E-state index in [2.05, 4.69) is 12.5 Å². The van der Waals surface area contributed by atoms with E-state index >= 15 is 0 Å². The molecule has 5 unspecified atom stereocenters. The molecular weight excluding hydrogens is 509 g/mol. The van der Waals surface area contributed by atoms with Gasteiger partial charge in [0.25, 0.3) is 6.47 Å². The highest BCUT2D eigenvalue weighted by molar-refractivity contribution is 7.99. The van der Waals surface area contributed by atoms with E-state index in [1.807, 2.05) is 44.3 Å². The predicted molar refractivity (Wildman–Crippen MR) is 144 cm³/mol. The summed E-state index contributed by atoms with van der Waals surface area (Å²) in [5, 5.41) is 0.547. The third-order valence-corrected chi connectivity index (χ3v) is 10.1. The average Bonchev–Trinajstić information content (AvgIpc) is 3.18. The molecule has 0 aliphatic carbocycles. The number of rotatable bonds is 18. The number of amides is 1. The third kappa shape index (κ3) is 11.9. The number of carbonyl (C=O) groups excluding carboxylic acids is 3. The summed E-state index contributed by atoms with van der Waals surface area (Å²) in [4.78, 5) is 37.5. The van der Waals surface area contributed by atoms with E-state index in [1.54, 1.807) is 6.92 Å². The zero-order chi connectivity index (χ0) is 26.4. The molecule has 204 valence electrons. The summed E-state index contributed by atoms with van der Waals surface area (Å²) in [5.74, 6) is 0.252. The first-order valence-corrected chi connectivity index (χ1v) is 17.1. The van der Waals surface area contributed by atoms with Gasteiger partial charge in [-0.25, -0.2) is 0 Å². The summed E-state index contributed by atoms with van der Waals surface area (Å²) in [7, 11) is -3.48. The highest BCUT2D eigenvalue weighted by Gasteiger charge is 2.39. The van der Waals surface area contributed by atoms with Gasteiger partial charge < -0.3 is 14.4 Å². The van der Waals surface area contributed by atoms with Gasteiger partial charge in [-0.15, -0.1) is 0 Å². The van der Waals surface area contributed by atoms with Crippen molar-refractivity contribution in [2.45, 2.75) is 84.0 Å². The van der Waals surface area contributed by atoms with Crippen LogP contribution in [0.4, 0.5) is 0 Å². The number of thioether (sulfide) groups is 2. The second-order valence-corrected chi connectivity index (χ2v) is 14.2. The second kappa shape index (κ2) is 16.9. The Labute approximate surface area is 219 Å². The number of likely N-dealkylation sites (tertiary alicyclic amines) is 1. The van der Waals surface area contributed by atoms with E-state index in [-0.39, 0.29) is 36.5 Å². The molecule has 0 bridgehead atoms. The Morgan fingerprint density at radius 1 is 1.20 bits per heavy atom. The minimum atomic E-state index is -3.48. The largest absolute Gasteiger partial charge is 0.444 e. The molecule has 0 radical (unpaired) electrons. The van der Waals surface area contributed by atoms with E-state index in [0.29, 0.717) is 31.1 Å². The van der Waals surface area contributed by atoms with Crippen LogP contribution in [0.2, 0.25) is 0 Å². The first kappa shape index (κ1) is 32.3. The Balaban J connectivity index is 2.94. The number of nitrogens with zero attached hydrogens (tertiary/aromatic N) is 1. The first-order chi connectivity index (χ1) is 16.6. The molecule has 1 aliphatic rings. The lowest BCUT2D eigenvalue weighted by molar-refractivity contribution is -0.169. The van der Waals surface area contributed by atoms with E-state index in [0.717, 1.165) is 25.0 Å². The lowest BCUT2D eigenvalue weighted by Crippen LogP contribution is -2.39. The molecule has 35 heavy (non-hydrogen) atoms. The van der Waals surface area contributed by atoms with E-state index in [9.17, 15) is 18.9 Å². The summed E-state index contributed by atoms with van der Waals surface area (Å²) >= 11 is 3.68. The molecular formula is C24H44NO7PS2. The van der Waals surface area contributed by atoms with Crippen LogP contribution in [0.15, 0.2) is 0 Å². The fraction of sp³-hybridized carbons (Fsp3) is 0.875. The number of hydrogen-bond acceptors (Lipinski definition) is 9. The highest BCUT2D eigenvalue weighted by Crippen LogP contribution is 2.50. The summed E-state index contributed by atoms with van der Waals surface area (Å²) in [6, 6.07) is 0. The minimum absolute atomic E-state index is 0.169. The molecule has 0 aromatic carbocycles. The molecule has 1 fully saturated rings. The summed E-state index contributed by atoms with van der Waals surface area (Å²) in [5.41, 5.74) is 0. The van der Waals surface area contributed by atoms with Crippen LogP contribution in [0.5, 0.6) is 0 Å². The smallest absolute Gasteiger partial charge is 0.307 e. The molecule has 1 saturated heterocycles. The van der Waals surface area contributed by atoms with Crippen LogP contribution in [-0.2, 0) is 32.9 Å². The third-order valence-electron chi connectivity index (χ3n) is 6.00. The van der Waals surface area contributed by atoms with Gasteiger partial charge in [0.15, 0.2) is 6.23 Å². The van der Waals surface area contributed by atoms with Crippen LogP contribution in [0.25, 0.3) is 0 Å². The molecule has 11 heteroatoms. The fourth-order valence-corrected chi connectivity index (χ4v) is 7.68. The summed E-state index contributed by atoms with van der Waals surface area (Å²) in [6.45, 7) is 8.08. The molecule has 1 rings (SSSR count). The van der Waals surface area contributed by atoms with E-state index in [1.165, 1.54) is 4.90 Å². The molecule has 1 aliphatic heterocycles. The topological polar surface area (TPSA) is 99.2 Å². The first-order valence-electron chi connectivity index (χ1n) is 12.4. The van der Waals surface area contributed by atoms with Crippen molar-refractivity contribution in [3.63, 3.8) is 0 Å². The van der Waals surface area contributed by atoms with Crippen molar-refractivity contribution < 1.29 is 32.9 Å². The van der Waals surface area contributed by atoms with Crippen LogP contribution < -0.4 is 0 Å². The van der Waals surface area contributed by atoms with Gasteiger partial charge in [-0.2, -0.15) is 23.5 Å². The standard InChI is InChI=1S/C24H44NO7PS2/c1-7-23(28)31-24(18(2)3)32-33(29,12-9-8-10-20(35-6)11-13-34-5)16-21(27)25-15-19(4)14-22(25)30-17-26/h17-20,22,24H,7-16H2,1-6H3. The van der Waals surface area contributed by atoms with E-state index < -0.39 is 25.9 Å². The number of unbranched alkanes of at least 4 members (excludes halogenated alkanes) is 1. The molecule has 0 aromatic rings.